The zero-order chi connectivity index (χ0) is 10.5. The van der Waals surface area contributed by atoms with Gasteiger partial charge in [0.15, 0.2) is 5.11 Å². The minimum atomic E-state index is 0.290. The fraction of sp³-hybridized carbons (Fsp3) is 0.909. The standard InChI is InChI=1S/C11H19N3S/c12-14-10(15)13-11-4-7-1-8(5-11)3-9(2-7)6-11/h7-9H,1-6,12H2,(H2,13,14,15). The molecule has 4 bridgehead atoms. The molecule has 15 heavy (non-hydrogen) atoms. The van der Waals surface area contributed by atoms with E-state index in [0.717, 1.165) is 17.8 Å². The second-order valence-electron chi connectivity index (χ2n) is 5.80. The van der Waals surface area contributed by atoms with Crippen molar-refractivity contribution in [2.75, 3.05) is 0 Å². The molecule has 3 nitrogen and oxygen atoms in total. The van der Waals surface area contributed by atoms with E-state index in [1.165, 1.54) is 38.5 Å². The van der Waals surface area contributed by atoms with Crippen LogP contribution in [-0.4, -0.2) is 10.7 Å². The summed E-state index contributed by atoms with van der Waals surface area (Å²) in [4.78, 5) is 0. The van der Waals surface area contributed by atoms with Crippen LogP contribution >= 0.6 is 12.2 Å². The van der Waals surface area contributed by atoms with Crippen LogP contribution in [0.2, 0.25) is 0 Å². The first-order chi connectivity index (χ1) is 7.19. The molecule has 0 aliphatic heterocycles. The van der Waals surface area contributed by atoms with E-state index < -0.39 is 0 Å². The predicted molar refractivity (Wildman–Crippen MR) is 64.0 cm³/mol. The Balaban J connectivity index is 1.78. The van der Waals surface area contributed by atoms with Crippen LogP contribution in [0.25, 0.3) is 0 Å². The minimum Gasteiger partial charge on any atom is -0.356 e. The summed E-state index contributed by atoms with van der Waals surface area (Å²) in [5.41, 5.74) is 2.85. The third-order valence-corrected chi connectivity index (χ3v) is 4.77. The molecule has 4 rings (SSSR count). The van der Waals surface area contributed by atoms with Gasteiger partial charge in [0.25, 0.3) is 0 Å². The molecule has 4 saturated carbocycles. The average molecular weight is 225 g/mol. The van der Waals surface area contributed by atoms with Crippen LogP contribution in [0, 0.1) is 17.8 Å². The van der Waals surface area contributed by atoms with E-state index in [1.54, 1.807) is 0 Å². The molecule has 0 spiro atoms. The molecule has 0 aromatic carbocycles. The first-order valence-corrected chi connectivity index (χ1v) is 6.39. The smallest absolute Gasteiger partial charge is 0.181 e. The highest BCUT2D eigenvalue weighted by Gasteiger charge is 2.51. The van der Waals surface area contributed by atoms with Crippen molar-refractivity contribution >= 4 is 17.3 Å². The number of hydrogen-bond donors (Lipinski definition) is 3. The Kier molecular flexibility index (Phi) is 2.18. The highest BCUT2D eigenvalue weighted by Crippen LogP contribution is 2.55. The predicted octanol–water partition coefficient (Wildman–Crippen LogP) is 1.29. The highest BCUT2D eigenvalue weighted by molar-refractivity contribution is 7.80. The van der Waals surface area contributed by atoms with Crippen LogP contribution in [0.3, 0.4) is 0 Å². The van der Waals surface area contributed by atoms with Gasteiger partial charge < -0.3 is 10.7 Å². The molecule has 0 amide bonds. The van der Waals surface area contributed by atoms with Crippen LogP contribution < -0.4 is 16.6 Å². The van der Waals surface area contributed by atoms with Crippen LogP contribution in [0.4, 0.5) is 0 Å². The van der Waals surface area contributed by atoms with Gasteiger partial charge in [0.1, 0.15) is 0 Å². The summed E-state index contributed by atoms with van der Waals surface area (Å²) >= 11 is 5.14. The number of nitrogens with two attached hydrogens (primary N) is 1. The van der Waals surface area contributed by atoms with Gasteiger partial charge in [-0.3, -0.25) is 0 Å². The van der Waals surface area contributed by atoms with Gasteiger partial charge in [-0.15, -0.1) is 0 Å². The normalized spacial score (nSPS) is 46.6. The molecule has 0 unspecified atom stereocenters. The molecule has 0 atom stereocenters. The lowest BCUT2D eigenvalue weighted by atomic mass is 9.53. The van der Waals surface area contributed by atoms with Gasteiger partial charge in [0.2, 0.25) is 0 Å². The summed E-state index contributed by atoms with van der Waals surface area (Å²) in [6, 6.07) is 0. The summed E-state index contributed by atoms with van der Waals surface area (Å²) in [5, 5.41) is 4.09. The highest BCUT2D eigenvalue weighted by atomic mass is 32.1. The summed E-state index contributed by atoms with van der Waals surface area (Å²) in [5.74, 6) is 8.19. The maximum absolute atomic E-state index is 5.35. The van der Waals surface area contributed by atoms with Gasteiger partial charge in [0, 0.05) is 5.54 Å². The molecular formula is C11H19N3S. The second-order valence-corrected chi connectivity index (χ2v) is 6.20. The fourth-order valence-corrected chi connectivity index (χ4v) is 4.76. The quantitative estimate of drug-likeness (QED) is 0.358. The second kappa shape index (κ2) is 3.32. The molecule has 4 heteroatoms. The molecule has 84 valence electrons. The van der Waals surface area contributed by atoms with Gasteiger partial charge >= 0.3 is 0 Å². The van der Waals surface area contributed by atoms with Gasteiger partial charge in [-0.1, -0.05) is 0 Å². The van der Waals surface area contributed by atoms with Crippen molar-refractivity contribution < 1.29 is 0 Å². The van der Waals surface area contributed by atoms with E-state index >= 15 is 0 Å². The van der Waals surface area contributed by atoms with E-state index in [0.29, 0.717) is 5.11 Å². The first-order valence-electron chi connectivity index (χ1n) is 5.98. The van der Waals surface area contributed by atoms with E-state index in [-0.39, 0.29) is 5.54 Å². The Hall–Kier alpha value is -0.350. The van der Waals surface area contributed by atoms with Crippen LogP contribution in [0.5, 0.6) is 0 Å². The van der Waals surface area contributed by atoms with Gasteiger partial charge in [-0.05, 0) is 68.5 Å². The van der Waals surface area contributed by atoms with Crippen molar-refractivity contribution in [3.8, 4) is 0 Å². The minimum absolute atomic E-state index is 0.290. The van der Waals surface area contributed by atoms with Crippen LogP contribution in [-0.2, 0) is 0 Å². The zero-order valence-corrected chi connectivity index (χ0v) is 9.78. The molecule has 4 aliphatic carbocycles. The summed E-state index contributed by atoms with van der Waals surface area (Å²) in [6.45, 7) is 0. The third kappa shape index (κ3) is 1.64. The molecule has 0 radical (unpaired) electrons. The van der Waals surface area contributed by atoms with Crippen molar-refractivity contribution in [1.82, 2.24) is 10.7 Å². The van der Waals surface area contributed by atoms with Gasteiger partial charge in [-0.2, -0.15) is 0 Å². The Morgan fingerprint density at radius 2 is 1.53 bits per heavy atom. The molecule has 0 saturated heterocycles. The van der Waals surface area contributed by atoms with Crippen molar-refractivity contribution in [3.05, 3.63) is 0 Å². The summed E-state index contributed by atoms with van der Waals surface area (Å²) in [7, 11) is 0. The van der Waals surface area contributed by atoms with E-state index in [1.807, 2.05) is 0 Å². The summed E-state index contributed by atoms with van der Waals surface area (Å²) in [6.07, 6.45) is 8.31. The maximum Gasteiger partial charge on any atom is 0.181 e. The molecular weight excluding hydrogens is 206 g/mol. The van der Waals surface area contributed by atoms with Crippen molar-refractivity contribution in [3.63, 3.8) is 0 Å². The Morgan fingerprint density at radius 1 is 1.07 bits per heavy atom. The lowest BCUT2D eigenvalue weighted by molar-refractivity contribution is -0.0101. The van der Waals surface area contributed by atoms with Crippen molar-refractivity contribution in [2.45, 2.75) is 44.1 Å². The van der Waals surface area contributed by atoms with E-state index in [2.05, 4.69) is 10.7 Å². The number of rotatable bonds is 1. The zero-order valence-electron chi connectivity index (χ0n) is 8.96. The lowest BCUT2D eigenvalue weighted by Gasteiger charge is -2.57. The van der Waals surface area contributed by atoms with Crippen molar-refractivity contribution in [2.24, 2.45) is 23.6 Å². The monoisotopic (exact) mass is 225 g/mol. The molecule has 0 aromatic rings. The van der Waals surface area contributed by atoms with Gasteiger partial charge in [-0.25, -0.2) is 5.84 Å². The SMILES string of the molecule is NNC(=S)NC12CC3CC(CC(C3)C1)C2. The molecule has 4 fully saturated rings. The molecule has 0 aromatic heterocycles. The Labute approximate surface area is 96.1 Å². The van der Waals surface area contributed by atoms with Crippen LogP contribution in [0.15, 0.2) is 0 Å². The maximum atomic E-state index is 5.35. The Morgan fingerprint density at radius 3 is 1.93 bits per heavy atom. The topological polar surface area (TPSA) is 50.1 Å². The average Bonchev–Trinajstić information content (AvgIpc) is 2.14. The number of thiocarbonyl (C=S) groups is 1. The molecule has 4 aliphatic rings. The largest absolute Gasteiger partial charge is 0.356 e. The van der Waals surface area contributed by atoms with Crippen LogP contribution in [0.1, 0.15) is 38.5 Å². The van der Waals surface area contributed by atoms with Crippen molar-refractivity contribution in [1.29, 1.82) is 0 Å². The number of hydrazine groups is 1. The summed E-state index contributed by atoms with van der Waals surface area (Å²) < 4.78 is 0. The third-order valence-electron chi connectivity index (χ3n) is 4.55. The molecule has 0 heterocycles. The van der Waals surface area contributed by atoms with E-state index in [4.69, 9.17) is 18.1 Å². The Bertz CT molecular complexity index is 254. The number of nitrogens with one attached hydrogen (secondary N) is 2. The molecule has 4 N–H and O–H groups in total. The fourth-order valence-electron chi connectivity index (χ4n) is 4.54. The lowest BCUT2D eigenvalue weighted by Crippen LogP contribution is -2.62. The number of hydrogen-bond acceptors (Lipinski definition) is 2. The van der Waals surface area contributed by atoms with Gasteiger partial charge in [0.05, 0.1) is 0 Å². The van der Waals surface area contributed by atoms with E-state index in [9.17, 15) is 0 Å². The first kappa shape index (κ1) is 9.85.